The highest BCUT2D eigenvalue weighted by Gasteiger charge is 2.18. The Morgan fingerprint density at radius 3 is 3.08 bits per heavy atom. The summed E-state index contributed by atoms with van der Waals surface area (Å²) in [6.45, 7) is 0.0375. The summed E-state index contributed by atoms with van der Waals surface area (Å²) in [5, 5.41) is 3.23. The van der Waals surface area contributed by atoms with Gasteiger partial charge in [0.25, 0.3) is 5.91 Å². The molecule has 66 valence electrons. The van der Waals surface area contributed by atoms with Crippen LogP contribution in [0, 0.1) is 0 Å². The van der Waals surface area contributed by atoms with Crippen molar-refractivity contribution in [2.45, 2.75) is 0 Å². The van der Waals surface area contributed by atoms with Gasteiger partial charge in [0.1, 0.15) is 7.85 Å². The maximum atomic E-state index is 11.0. The lowest BCUT2D eigenvalue weighted by molar-refractivity contribution is -0.118. The Morgan fingerprint density at radius 1 is 1.54 bits per heavy atom. The molecule has 3 nitrogen and oxygen atoms in total. The van der Waals surface area contributed by atoms with Gasteiger partial charge in [-0.3, -0.25) is 4.79 Å². The minimum atomic E-state index is -0.144. The second-order valence-corrected chi connectivity index (χ2v) is 3.37. The standard InChI is InChI=1S/C8H7BClNO2/c9-4-1-5(10)8-6(2-4)11-7(12)3-13-8/h1-2H,3,9H2,(H,11,12). The Balaban J connectivity index is 2.53. The number of nitrogens with one attached hydrogen (secondary N) is 1. The number of anilines is 1. The largest absolute Gasteiger partial charge is 0.480 e. The van der Waals surface area contributed by atoms with Crippen molar-refractivity contribution >= 4 is 36.5 Å². The molecule has 2 rings (SSSR count). The Morgan fingerprint density at radius 2 is 2.31 bits per heavy atom. The van der Waals surface area contributed by atoms with Crippen molar-refractivity contribution in [2.75, 3.05) is 11.9 Å². The number of rotatable bonds is 0. The van der Waals surface area contributed by atoms with Crippen LogP contribution in [-0.2, 0) is 4.79 Å². The number of carbonyl (C=O) groups is 1. The van der Waals surface area contributed by atoms with Gasteiger partial charge in [-0.05, 0) is 12.1 Å². The summed E-state index contributed by atoms with van der Waals surface area (Å²) in [7, 11) is 1.91. The molecule has 0 atom stereocenters. The molecule has 1 aromatic rings. The molecule has 1 N–H and O–H groups in total. The van der Waals surface area contributed by atoms with E-state index in [-0.39, 0.29) is 12.5 Å². The lowest BCUT2D eigenvalue weighted by atomic mass is 9.95. The second kappa shape index (κ2) is 2.96. The minimum absolute atomic E-state index is 0.0375. The van der Waals surface area contributed by atoms with Crippen LogP contribution < -0.4 is 15.5 Å². The fourth-order valence-electron chi connectivity index (χ4n) is 1.29. The SMILES string of the molecule is Bc1cc(Cl)c2c(c1)NC(=O)CO2. The number of hydrogen-bond donors (Lipinski definition) is 1. The molecule has 0 bridgehead atoms. The maximum absolute atomic E-state index is 11.0. The lowest BCUT2D eigenvalue weighted by Gasteiger charge is -2.19. The first-order chi connectivity index (χ1) is 6.16. The van der Waals surface area contributed by atoms with Crippen molar-refractivity contribution < 1.29 is 9.53 Å². The van der Waals surface area contributed by atoms with Crippen LogP contribution in [0.1, 0.15) is 0 Å². The Hall–Kier alpha value is -1.16. The number of benzene rings is 1. The Labute approximate surface area is 81.4 Å². The molecule has 1 amide bonds. The van der Waals surface area contributed by atoms with Crippen LogP contribution in [0.5, 0.6) is 5.75 Å². The average molecular weight is 195 g/mol. The third-order valence-electron chi connectivity index (χ3n) is 1.81. The number of carbonyl (C=O) groups excluding carboxylic acids is 1. The molecule has 0 spiro atoms. The highest BCUT2D eigenvalue weighted by molar-refractivity contribution is 6.38. The lowest BCUT2D eigenvalue weighted by Crippen LogP contribution is -2.26. The Kier molecular flexibility index (Phi) is 1.92. The molecular formula is C8H7BClNO2. The summed E-state index contributed by atoms with van der Waals surface area (Å²) in [5.74, 6) is 0.418. The zero-order valence-corrected chi connectivity index (χ0v) is 7.81. The van der Waals surface area contributed by atoms with Gasteiger partial charge in [-0.15, -0.1) is 0 Å². The molecule has 13 heavy (non-hydrogen) atoms. The summed E-state index contributed by atoms with van der Waals surface area (Å²) >= 11 is 5.92. The van der Waals surface area contributed by atoms with E-state index < -0.39 is 0 Å². The van der Waals surface area contributed by atoms with Gasteiger partial charge < -0.3 is 10.1 Å². The predicted molar refractivity (Wildman–Crippen MR) is 53.8 cm³/mol. The van der Waals surface area contributed by atoms with Crippen LogP contribution in [0.3, 0.4) is 0 Å². The molecule has 1 heterocycles. The molecule has 0 fully saturated rings. The third kappa shape index (κ3) is 1.49. The molecule has 1 aromatic carbocycles. The first kappa shape index (κ1) is 8.44. The van der Waals surface area contributed by atoms with Crippen LogP contribution in [-0.4, -0.2) is 20.4 Å². The molecule has 1 aliphatic heterocycles. The van der Waals surface area contributed by atoms with Crippen molar-refractivity contribution in [2.24, 2.45) is 0 Å². The molecule has 0 radical (unpaired) electrons. The van der Waals surface area contributed by atoms with E-state index in [0.717, 1.165) is 5.46 Å². The number of halogens is 1. The van der Waals surface area contributed by atoms with E-state index in [1.807, 2.05) is 13.9 Å². The van der Waals surface area contributed by atoms with Crippen molar-refractivity contribution in [1.29, 1.82) is 0 Å². The Bertz CT molecular complexity index is 381. The highest BCUT2D eigenvalue weighted by Crippen LogP contribution is 2.33. The molecule has 0 aliphatic carbocycles. The normalized spacial score (nSPS) is 14.4. The van der Waals surface area contributed by atoms with Crippen LogP contribution in [0.25, 0.3) is 0 Å². The topological polar surface area (TPSA) is 38.3 Å². The van der Waals surface area contributed by atoms with E-state index in [2.05, 4.69) is 5.32 Å². The second-order valence-electron chi connectivity index (χ2n) is 2.96. The summed E-state index contributed by atoms with van der Waals surface area (Å²) in [6.07, 6.45) is 0. The van der Waals surface area contributed by atoms with Crippen LogP contribution in [0.2, 0.25) is 5.02 Å². The van der Waals surface area contributed by atoms with E-state index in [9.17, 15) is 4.79 Å². The summed E-state index contributed by atoms with van der Waals surface area (Å²) in [4.78, 5) is 11.0. The quantitative estimate of drug-likeness (QED) is 0.589. The zero-order valence-electron chi connectivity index (χ0n) is 7.06. The van der Waals surface area contributed by atoms with Crippen LogP contribution in [0.4, 0.5) is 5.69 Å². The highest BCUT2D eigenvalue weighted by atomic mass is 35.5. The van der Waals surface area contributed by atoms with Crippen LogP contribution >= 0.6 is 11.6 Å². The van der Waals surface area contributed by atoms with Crippen molar-refractivity contribution in [1.82, 2.24) is 0 Å². The van der Waals surface area contributed by atoms with Gasteiger partial charge in [0.05, 0.1) is 10.7 Å². The summed E-state index contributed by atoms with van der Waals surface area (Å²) < 4.78 is 5.18. The first-order valence-corrected chi connectivity index (χ1v) is 4.27. The molecular weight excluding hydrogens is 188 g/mol. The van der Waals surface area contributed by atoms with Crippen molar-refractivity contribution in [3.05, 3.63) is 17.2 Å². The monoisotopic (exact) mass is 195 g/mol. The van der Waals surface area contributed by atoms with Gasteiger partial charge >= 0.3 is 0 Å². The smallest absolute Gasteiger partial charge is 0.262 e. The van der Waals surface area contributed by atoms with E-state index in [1.165, 1.54) is 0 Å². The number of hydrogen-bond acceptors (Lipinski definition) is 2. The van der Waals surface area contributed by atoms with Gasteiger partial charge in [0.15, 0.2) is 12.4 Å². The fraction of sp³-hybridized carbons (Fsp3) is 0.125. The summed E-state index contributed by atoms with van der Waals surface area (Å²) in [6, 6.07) is 3.64. The van der Waals surface area contributed by atoms with E-state index >= 15 is 0 Å². The molecule has 0 aromatic heterocycles. The maximum Gasteiger partial charge on any atom is 0.262 e. The van der Waals surface area contributed by atoms with Crippen LogP contribution in [0.15, 0.2) is 12.1 Å². The average Bonchev–Trinajstić information content (AvgIpc) is 2.02. The fourth-order valence-corrected chi connectivity index (χ4v) is 1.62. The molecule has 0 saturated carbocycles. The van der Waals surface area contributed by atoms with Gasteiger partial charge in [-0.1, -0.05) is 17.1 Å². The van der Waals surface area contributed by atoms with E-state index in [0.29, 0.717) is 16.5 Å². The molecule has 0 unspecified atom stereocenters. The van der Waals surface area contributed by atoms with Crippen molar-refractivity contribution in [3.8, 4) is 5.75 Å². The number of ether oxygens (including phenoxy) is 1. The first-order valence-electron chi connectivity index (χ1n) is 3.89. The number of amides is 1. The van der Waals surface area contributed by atoms with Gasteiger partial charge in [-0.2, -0.15) is 0 Å². The van der Waals surface area contributed by atoms with E-state index in [1.54, 1.807) is 6.07 Å². The summed E-state index contributed by atoms with van der Waals surface area (Å²) in [5.41, 5.74) is 1.65. The molecule has 0 saturated heterocycles. The van der Waals surface area contributed by atoms with Gasteiger partial charge in [-0.25, -0.2) is 0 Å². The number of fused-ring (bicyclic) bond motifs is 1. The third-order valence-corrected chi connectivity index (χ3v) is 2.09. The zero-order chi connectivity index (χ0) is 9.42. The van der Waals surface area contributed by atoms with E-state index in [4.69, 9.17) is 16.3 Å². The molecule has 5 heteroatoms. The minimum Gasteiger partial charge on any atom is -0.480 e. The predicted octanol–water partition coefficient (Wildman–Crippen LogP) is -0.0707. The van der Waals surface area contributed by atoms with Gasteiger partial charge in [0, 0.05) is 0 Å². The van der Waals surface area contributed by atoms with Gasteiger partial charge in [0.2, 0.25) is 0 Å². The molecule has 1 aliphatic rings. The van der Waals surface area contributed by atoms with Crippen molar-refractivity contribution in [3.63, 3.8) is 0 Å².